The Morgan fingerprint density at radius 3 is 2.60 bits per heavy atom. The number of aromatic nitrogens is 2. The molecule has 1 saturated heterocycles. The van der Waals surface area contributed by atoms with Gasteiger partial charge in [-0.1, -0.05) is 23.7 Å². The molecule has 5 nitrogen and oxygen atoms in total. The van der Waals surface area contributed by atoms with E-state index in [0.717, 1.165) is 22.8 Å². The number of pyridine rings is 1. The lowest BCUT2D eigenvalue weighted by Crippen LogP contribution is -2.32. The first-order valence-corrected chi connectivity index (χ1v) is 10.8. The predicted molar refractivity (Wildman–Crippen MR) is 124 cm³/mol. The summed E-state index contributed by atoms with van der Waals surface area (Å²) >= 11 is 11.9. The van der Waals surface area contributed by atoms with Gasteiger partial charge in [-0.05, 0) is 68.9 Å². The Labute approximate surface area is 187 Å². The number of nitrogens with one attached hydrogen (secondary N) is 1. The van der Waals surface area contributed by atoms with Gasteiger partial charge in [-0.15, -0.1) is 0 Å². The third kappa shape index (κ3) is 3.49. The van der Waals surface area contributed by atoms with E-state index in [0.29, 0.717) is 16.7 Å². The van der Waals surface area contributed by atoms with Crippen molar-refractivity contribution in [2.45, 2.75) is 32.9 Å². The molecule has 0 amide bonds. The van der Waals surface area contributed by atoms with Crippen molar-refractivity contribution in [1.82, 2.24) is 19.8 Å². The average molecular weight is 441 g/mol. The standard InChI is InChI=1S/C23H25ClN4OS/c1-14-15(2)28(18-8-6-7-17(24)13-18)16(3)20(14)22-21(19-9-4-5-10-25-19)26-23(30)27(22)11-12-29/h4-10,13,21-22,29H,11-12H2,1-3H3,(H,26,30)/t21-,22-/m1/s1. The number of thiocarbonyl (C=S) groups is 1. The van der Waals surface area contributed by atoms with Gasteiger partial charge in [0, 0.05) is 40.4 Å². The molecule has 7 heteroatoms. The van der Waals surface area contributed by atoms with Crippen LogP contribution in [-0.2, 0) is 0 Å². The van der Waals surface area contributed by atoms with Gasteiger partial charge in [0.05, 0.1) is 24.4 Å². The minimum Gasteiger partial charge on any atom is -0.395 e. The van der Waals surface area contributed by atoms with Crippen LogP contribution in [-0.4, -0.2) is 37.8 Å². The van der Waals surface area contributed by atoms with Gasteiger partial charge in [0.25, 0.3) is 0 Å². The lowest BCUT2D eigenvalue weighted by atomic mass is 9.93. The highest BCUT2D eigenvalue weighted by atomic mass is 35.5. The number of nitrogens with zero attached hydrogens (tertiary/aromatic N) is 3. The number of β-amino-alcohol motifs (C(OH)–C–C–N with tert-alkyl or cyclic N) is 1. The number of benzene rings is 1. The molecule has 2 N–H and O–H groups in total. The van der Waals surface area contributed by atoms with Crippen molar-refractivity contribution in [2.75, 3.05) is 13.2 Å². The molecule has 2 atom stereocenters. The fraction of sp³-hybridized carbons (Fsp3) is 0.304. The molecular weight excluding hydrogens is 416 g/mol. The SMILES string of the molecule is Cc1c([C@@H]2[C@@H](c3ccccn3)NC(=S)N2CCO)c(C)n(-c2cccc(Cl)c2)c1C. The van der Waals surface area contributed by atoms with Crippen molar-refractivity contribution >= 4 is 28.9 Å². The van der Waals surface area contributed by atoms with E-state index in [-0.39, 0.29) is 18.7 Å². The molecule has 1 fully saturated rings. The van der Waals surface area contributed by atoms with Gasteiger partial charge >= 0.3 is 0 Å². The Kier molecular flexibility index (Phi) is 5.82. The van der Waals surface area contributed by atoms with Crippen LogP contribution in [0.5, 0.6) is 0 Å². The Morgan fingerprint density at radius 2 is 1.93 bits per heavy atom. The van der Waals surface area contributed by atoms with Gasteiger partial charge in [0.2, 0.25) is 0 Å². The normalized spacial score (nSPS) is 18.7. The fourth-order valence-corrected chi connectivity index (χ4v) is 5.03. The van der Waals surface area contributed by atoms with Crippen LogP contribution in [0.15, 0.2) is 48.7 Å². The van der Waals surface area contributed by atoms with Crippen molar-refractivity contribution in [3.63, 3.8) is 0 Å². The molecule has 1 aliphatic heterocycles. The van der Waals surface area contributed by atoms with Crippen LogP contribution in [0.25, 0.3) is 5.69 Å². The fourth-order valence-electron chi connectivity index (χ4n) is 4.51. The lowest BCUT2D eigenvalue weighted by Gasteiger charge is -2.28. The van der Waals surface area contributed by atoms with E-state index < -0.39 is 0 Å². The molecule has 0 radical (unpaired) electrons. The van der Waals surface area contributed by atoms with Crippen LogP contribution < -0.4 is 5.32 Å². The summed E-state index contributed by atoms with van der Waals surface area (Å²) in [6.07, 6.45) is 1.80. The maximum absolute atomic E-state index is 9.71. The molecule has 0 unspecified atom stereocenters. The average Bonchev–Trinajstić information content (AvgIpc) is 3.16. The molecule has 30 heavy (non-hydrogen) atoms. The molecule has 4 rings (SSSR count). The number of aliphatic hydroxyl groups excluding tert-OH is 1. The summed E-state index contributed by atoms with van der Waals surface area (Å²) in [5, 5.41) is 14.5. The third-order valence-electron chi connectivity index (χ3n) is 5.91. The summed E-state index contributed by atoms with van der Waals surface area (Å²) in [6.45, 7) is 6.88. The molecule has 2 aromatic heterocycles. The van der Waals surface area contributed by atoms with E-state index in [1.54, 1.807) is 6.20 Å². The zero-order valence-electron chi connectivity index (χ0n) is 17.3. The molecule has 0 bridgehead atoms. The first-order valence-electron chi connectivity index (χ1n) is 9.97. The van der Waals surface area contributed by atoms with Crippen molar-refractivity contribution in [1.29, 1.82) is 0 Å². The van der Waals surface area contributed by atoms with E-state index >= 15 is 0 Å². The summed E-state index contributed by atoms with van der Waals surface area (Å²) in [5.74, 6) is 0. The van der Waals surface area contributed by atoms with Crippen molar-refractivity contribution in [3.8, 4) is 5.69 Å². The van der Waals surface area contributed by atoms with Crippen LogP contribution in [0, 0.1) is 20.8 Å². The van der Waals surface area contributed by atoms with Crippen LogP contribution in [0.4, 0.5) is 0 Å². The first kappa shape index (κ1) is 20.8. The molecule has 156 valence electrons. The van der Waals surface area contributed by atoms with E-state index in [1.807, 2.05) is 36.4 Å². The van der Waals surface area contributed by atoms with Crippen LogP contribution in [0.1, 0.15) is 40.3 Å². The van der Waals surface area contributed by atoms with E-state index in [1.165, 1.54) is 11.1 Å². The maximum atomic E-state index is 9.71. The van der Waals surface area contributed by atoms with Gasteiger partial charge < -0.3 is 19.9 Å². The molecule has 0 saturated carbocycles. The van der Waals surface area contributed by atoms with Gasteiger partial charge in [-0.25, -0.2) is 0 Å². The summed E-state index contributed by atoms with van der Waals surface area (Å²) in [5.41, 5.74) is 6.65. The minimum atomic E-state index is -0.0998. The largest absolute Gasteiger partial charge is 0.395 e. The van der Waals surface area contributed by atoms with Gasteiger partial charge in [-0.2, -0.15) is 0 Å². The highest BCUT2D eigenvalue weighted by Crippen LogP contribution is 2.43. The van der Waals surface area contributed by atoms with Gasteiger partial charge in [0.1, 0.15) is 0 Å². The Bertz CT molecular complexity index is 1080. The number of aliphatic hydroxyl groups is 1. The number of hydrogen-bond acceptors (Lipinski definition) is 3. The van der Waals surface area contributed by atoms with E-state index in [2.05, 4.69) is 46.6 Å². The lowest BCUT2D eigenvalue weighted by molar-refractivity contribution is 0.222. The molecular formula is C23H25ClN4OS. The third-order valence-corrected chi connectivity index (χ3v) is 6.50. The van der Waals surface area contributed by atoms with Crippen molar-refractivity contribution in [2.24, 2.45) is 0 Å². The summed E-state index contributed by atoms with van der Waals surface area (Å²) in [7, 11) is 0. The topological polar surface area (TPSA) is 53.3 Å². The summed E-state index contributed by atoms with van der Waals surface area (Å²) in [4.78, 5) is 6.66. The Morgan fingerprint density at radius 1 is 1.13 bits per heavy atom. The molecule has 3 heterocycles. The van der Waals surface area contributed by atoms with E-state index in [9.17, 15) is 5.11 Å². The molecule has 3 aromatic rings. The van der Waals surface area contributed by atoms with Crippen LogP contribution in [0.2, 0.25) is 5.02 Å². The van der Waals surface area contributed by atoms with E-state index in [4.69, 9.17) is 23.8 Å². The predicted octanol–water partition coefficient (Wildman–Crippen LogP) is 4.42. The van der Waals surface area contributed by atoms with Crippen molar-refractivity contribution < 1.29 is 5.11 Å². The Balaban J connectivity index is 1.89. The monoisotopic (exact) mass is 440 g/mol. The quantitative estimate of drug-likeness (QED) is 0.575. The Hall–Kier alpha value is -2.41. The van der Waals surface area contributed by atoms with Gasteiger partial charge in [-0.3, -0.25) is 4.98 Å². The zero-order chi connectivity index (χ0) is 21.4. The van der Waals surface area contributed by atoms with Crippen LogP contribution in [0.3, 0.4) is 0 Å². The van der Waals surface area contributed by atoms with Gasteiger partial charge in [0.15, 0.2) is 5.11 Å². The highest BCUT2D eigenvalue weighted by Gasteiger charge is 2.42. The minimum absolute atomic E-state index is 0.0271. The maximum Gasteiger partial charge on any atom is 0.170 e. The second-order valence-corrected chi connectivity index (χ2v) is 8.39. The first-order chi connectivity index (χ1) is 14.4. The summed E-state index contributed by atoms with van der Waals surface area (Å²) in [6, 6.07) is 13.6. The zero-order valence-corrected chi connectivity index (χ0v) is 18.8. The summed E-state index contributed by atoms with van der Waals surface area (Å²) < 4.78 is 2.24. The molecule has 0 spiro atoms. The number of hydrogen-bond donors (Lipinski definition) is 2. The molecule has 1 aliphatic rings. The number of halogens is 1. The molecule has 0 aliphatic carbocycles. The van der Waals surface area contributed by atoms with Crippen LogP contribution >= 0.6 is 23.8 Å². The number of rotatable bonds is 5. The molecule has 1 aromatic carbocycles. The van der Waals surface area contributed by atoms with Crippen molar-refractivity contribution in [3.05, 3.63) is 81.9 Å². The second kappa shape index (κ2) is 8.38. The smallest absolute Gasteiger partial charge is 0.170 e. The second-order valence-electron chi connectivity index (χ2n) is 7.57. The highest BCUT2D eigenvalue weighted by molar-refractivity contribution is 7.80.